The Morgan fingerprint density at radius 3 is 2.00 bits per heavy atom. The Balaban J connectivity index is 2.14. The second kappa shape index (κ2) is 5.63. The van der Waals surface area contributed by atoms with E-state index < -0.39 is 12.0 Å². The summed E-state index contributed by atoms with van der Waals surface area (Å²) in [5.41, 5.74) is 8.20. The first-order chi connectivity index (χ1) is 9.06. The predicted octanol–water partition coefficient (Wildman–Crippen LogP) is 2.45. The number of hydrogen-bond donors (Lipinski definition) is 2. The molecule has 2 rings (SSSR count). The molecule has 0 aliphatic rings. The van der Waals surface area contributed by atoms with E-state index in [1.54, 1.807) is 12.1 Å². The van der Waals surface area contributed by atoms with E-state index in [0.29, 0.717) is 6.42 Å². The molecule has 0 aliphatic carbocycles. The van der Waals surface area contributed by atoms with Gasteiger partial charge in [-0.2, -0.15) is 0 Å². The fourth-order valence-electron chi connectivity index (χ4n) is 1.82. The van der Waals surface area contributed by atoms with Crippen molar-refractivity contribution in [3.05, 3.63) is 59.9 Å². The number of halogens is 1. The predicted molar refractivity (Wildman–Crippen MR) is 71.2 cm³/mol. The summed E-state index contributed by atoms with van der Waals surface area (Å²) < 4.78 is 12.8. The van der Waals surface area contributed by atoms with Crippen molar-refractivity contribution in [2.75, 3.05) is 0 Å². The van der Waals surface area contributed by atoms with Gasteiger partial charge in [-0.25, -0.2) is 4.39 Å². The first-order valence-corrected chi connectivity index (χ1v) is 5.89. The van der Waals surface area contributed by atoms with Crippen LogP contribution in [0, 0.1) is 5.82 Å². The van der Waals surface area contributed by atoms with Gasteiger partial charge < -0.3 is 10.8 Å². The molecular formula is C15H14FNO2. The number of carboxylic acid groups (broad SMARTS) is 1. The molecule has 0 radical (unpaired) electrons. The summed E-state index contributed by atoms with van der Waals surface area (Å²) in [7, 11) is 0. The van der Waals surface area contributed by atoms with Crippen LogP contribution in [-0.4, -0.2) is 17.1 Å². The van der Waals surface area contributed by atoms with Crippen LogP contribution in [0.15, 0.2) is 48.5 Å². The van der Waals surface area contributed by atoms with E-state index in [9.17, 15) is 9.18 Å². The van der Waals surface area contributed by atoms with E-state index in [4.69, 9.17) is 10.8 Å². The molecule has 0 unspecified atom stereocenters. The molecule has 3 N–H and O–H groups in total. The van der Waals surface area contributed by atoms with Gasteiger partial charge in [0, 0.05) is 0 Å². The van der Waals surface area contributed by atoms with Crippen LogP contribution in [0.2, 0.25) is 0 Å². The minimum Gasteiger partial charge on any atom is -0.480 e. The summed E-state index contributed by atoms with van der Waals surface area (Å²) >= 11 is 0. The first-order valence-electron chi connectivity index (χ1n) is 5.89. The Hall–Kier alpha value is -2.20. The largest absolute Gasteiger partial charge is 0.480 e. The number of benzene rings is 2. The molecule has 2 aromatic carbocycles. The van der Waals surface area contributed by atoms with Crippen molar-refractivity contribution in [3.8, 4) is 11.1 Å². The standard InChI is InChI=1S/C15H14FNO2/c16-13-7-5-12(6-8-13)11-3-1-10(2-4-11)9-14(17)15(18)19/h1-8,14H,9,17H2,(H,18,19)/t14-/m0/s1. The number of nitrogens with two attached hydrogens (primary N) is 1. The van der Waals surface area contributed by atoms with Gasteiger partial charge in [-0.3, -0.25) is 4.79 Å². The fourth-order valence-corrected chi connectivity index (χ4v) is 1.82. The van der Waals surface area contributed by atoms with E-state index in [0.717, 1.165) is 16.7 Å². The zero-order chi connectivity index (χ0) is 13.8. The van der Waals surface area contributed by atoms with Crippen molar-refractivity contribution >= 4 is 5.97 Å². The number of carboxylic acids is 1. The van der Waals surface area contributed by atoms with Gasteiger partial charge in [-0.05, 0) is 35.2 Å². The number of aliphatic carboxylic acids is 1. The van der Waals surface area contributed by atoms with Crippen LogP contribution in [0.3, 0.4) is 0 Å². The van der Waals surface area contributed by atoms with E-state index in [2.05, 4.69) is 0 Å². The average Bonchev–Trinajstić information content (AvgIpc) is 2.40. The summed E-state index contributed by atoms with van der Waals surface area (Å²) in [6.07, 6.45) is 0.291. The van der Waals surface area contributed by atoms with Crippen molar-refractivity contribution in [1.82, 2.24) is 0 Å². The van der Waals surface area contributed by atoms with Crippen molar-refractivity contribution in [3.63, 3.8) is 0 Å². The lowest BCUT2D eigenvalue weighted by molar-refractivity contribution is -0.138. The molecular weight excluding hydrogens is 245 g/mol. The minimum atomic E-state index is -1.01. The van der Waals surface area contributed by atoms with Crippen molar-refractivity contribution in [2.24, 2.45) is 5.73 Å². The molecule has 2 aromatic rings. The monoisotopic (exact) mass is 259 g/mol. The maximum absolute atomic E-state index is 12.8. The van der Waals surface area contributed by atoms with E-state index >= 15 is 0 Å². The second-order valence-corrected chi connectivity index (χ2v) is 4.35. The normalized spacial score (nSPS) is 12.1. The molecule has 0 saturated carbocycles. The molecule has 0 amide bonds. The molecule has 4 heteroatoms. The maximum atomic E-state index is 12.8. The SMILES string of the molecule is N[C@@H](Cc1ccc(-c2ccc(F)cc2)cc1)C(=O)O. The van der Waals surface area contributed by atoms with Crippen LogP contribution in [0.25, 0.3) is 11.1 Å². The molecule has 0 fully saturated rings. The molecule has 0 aliphatic heterocycles. The van der Waals surface area contributed by atoms with Crippen molar-refractivity contribution < 1.29 is 14.3 Å². The van der Waals surface area contributed by atoms with Gasteiger partial charge in [0.2, 0.25) is 0 Å². The van der Waals surface area contributed by atoms with Gasteiger partial charge in [0.05, 0.1) is 0 Å². The highest BCUT2D eigenvalue weighted by Gasteiger charge is 2.11. The van der Waals surface area contributed by atoms with Crippen molar-refractivity contribution in [2.45, 2.75) is 12.5 Å². The Bertz CT molecular complexity index is 564. The average molecular weight is 259 g/mol. The highest BCUT2D eigenvalue weighted by atomic mass is 19.1. The van der Waals surface area contributed by atoms with Gasteiger partial charge in [-0.15, -0.1) is 0 Å². The van der Waals surface area contributed by atoms with Crippen LogP contribution in [0.1, 0.15) is 5.56 Å². The third kappa shape index (κ3) is 3.39. The van der Waals surface area contributed by atoms with Gasteiger partial charge in [0.1, 0.15) is 11.9 Å². The first kappa shape index (κ1) is 13.2. The van der Waals surface area contributed by atoms with Crippen LogP contribution < -0.4 is 5.73 Å². The Kier molecular flexibility index (Phi) is 3.92. The van der Waals surface area contributed by atoms with Gasteiger partial charge >= 0.3 is 5.97 Å². The molecule has 0 aromatic heterocycles. The molecule has 1 atom stereocenters. The smallest absolute Gasteiger partial charge is 0.320 e. The fraction of sp³-hybridized carbons (Fsp3) is 0.133. The number of hydrogen-bond acceptors (Lipinski definition) is 2. The van der Waals surface area contributed by atoms with Crippen molar-refractivity contribution in [1.29, 1.82) is 0 Å². The van der Waals surface area contributed by atoms with Crippen LogP contribution in [-0.2, 0) is 11.2 Å². The zero-order valence-corrected chi connectivity index (χ0v) is 10.2. The Labute approximate surface area is 110 Å². The van der Waals surface area contributed by atoms with Gasteiger partial charge in [-0.1, -0.05) is 36.4 Å². The number of carbonyl (C=O) groups is 1. The topological polar surface area (TPSA) is 63.3 Å². The lowest BCUT2D eigenvalue weighted by Crippen LogP contribution is -2.32. The van der Waals surface area contributed by atoms with Gasteiger partial charge in [0.15, 0.2) is 0 Å². The third-order valence-corrected chi connectivity index (χ3v) is 2.90. The third-order valence-electron chi connectivity index (χ3n) is 2.90. The lowest BCUT2D eigenvalue weighted by atomic mass is 10.0. The summed E-state index contributed by atoms with van der Waals surface area (Å²) in [5.74, 6) is -1.28. The summed E-state index contributed by atoms with van der Waals surface area (Å²) in [4.78, 5) is 10.7. The van der Waals surface area contributed by atoms with E-state index in [1.165, 1.54) is 12.1 Å². The second-order valence-electron chi connectivity index (χ2n) is 4.35. The molecule has 0 saturated heterocycles. The van der Waals surface area contributed by atoms with Crippen LogP contribution in [0.4, 0.5) is 4.39 Å². The van der Waals surface area contributed by atoms with E-state index in [-0.39, 0.29) is 5.82 Å². The molecule has 19 heavy (non-hydrogen) atoms. The molecule has 98 valence electrons. The molecule has 3 nitrogen and oxygen atoms in total. The summed E-state index contributed by atoms with van der Waals surface area (Å²) in [6, 6.07) is 12.7. The molecule has 0 bridgehead atoms. The van der Waals surface area contributed by atoms with Crippen LogP contribution >= 0.6 is 0 Å². The molecule has 0 spiro atoms. The zero-order valence-electron chi connectivity index (χ0n) is 10.2. The van der Waals surface area contributed by atoms with E-state index in [1.807, 2.05) is 24.3 Å². The summed E-state index contributed by atoms with van der Waals surface area (Å²) in [6.45, 7) is 0. The van der Waals surface area contributed by atoms with Crippen LogP contribution in [0.5, 0.6) is 0 Å². The molecule has 0 heterocycles. The number of rotatable bonds is 4. The lowest BCUT2D eigenvalue weighted by Gasteiger charge is -2.07. The summed E-state index contributed by atoms with van der Waals surface area (Å²) in [5, 5.41) is 8.74. The quantitative estimate of drug-likeness (QED) is 0.886. The maximum Gasteiger partial charge on any atom is 0.320 e. The highest BCUT2D eigenvalue weighted by Crippen LogP contribution is 2.20. The Morgan fingerprint density at radius 1 is 1.05 bits per heavy atom. The Morgan fingerprint density at radius 2 is 1.53 bits per heavy atom. The highest BCUT2D eigenvalue weighted by molar-refractivity contribution is 5.73. The minimum absolute atomic E-state index is 0.271. The van der Waals surface area contributed by atoms with Gasteiger partial charge in [0.25, 0.3) is 0 Å².